The first-order chi connectivity index (χ1) is 8.45. The molecule has 1 aromatic heterocycles. The van der Waals surface area contributed by atoms with E-state index in [1.807, 2.05) is 0 Å². The minimum atomic E-state index is -4.50. The predicted octanol–water partition coefficient (Wildman–Crippen LogP) is 3.42. The van der Waals surface area contributed by atoms with Crippen molar-refractivity contribution in [2.24, 2.45) is 0 Å². The summed E-state index contributed by atoms with van der Waals surface area (Å²) in [6, 6.07) is 0.937. The van der Waals surface area contributed by atoms with Gasteiger partial charge < -0.3 is 4.74 Å². The van der Waals surface area contributed by atoms with Crippen LogP contribution in [-0.4, -0.2) is 28.4 Å². The van der Waals surface area contributed by atoms with Gasteiger partial charge in [-0.3, -0.25) is 0 Å². The molecule has 100 valence electrons. The number of ether oxygens (including phenoxy) is 1. The highest BCUT2D eigenvalue weighted by Crippen LogP contribution is 2.33. The van der Waals surface area contributed by atoms with Gasteiger partial charge in [0.2, 0.25) is 5.28 Å². The Morgan fingerprint density at radius 3 is 2.56 bits per heavy atom. The molecule has 1 aromatic rings. The van der Waals surface area contributed by atoms with E-state index in [1.54, 1.807) is 0 Å². The molecule has 2 heterocycles. The van der Waals surface area contributed by atoms with Crippen LogP contribution in [0.2, 0.25) is 5.28 Å². The molecule has 0 saturated carbocycles. The zero-order chi connectivity index (χ0) is 13.2. The second-order valence-electron chi connectivity index (χ2n) is 3.79. The lowest BCUT2D eigenvalue weighted by Crippen LogP contribution is -2.18. The molecule has 0 bridgehead atoms. The van der Waals surface area contributed by atoms with E-state index in [2.05, 4.69) is 9.97 Å². The van der Waals surface area contributed by atoms with Crippen molar-refractivity contribution in [1.82, 2.24) is 9.97 Å². The molecule has 3 nitrogen and oxygen atoms in total. The highest BCUT2D eigenvalue weighted by atomic mass is 35.5. The van der Waals surface area contributed by atoms with Crippen LogP contribution in [0.15, 0.2) is 11.1 Å². The second-order valence-corrected chi connectivity index (χ2v) is 5.45. The molecule has 1 saturated heterocycles. The third kappa shape index (κ3) is 3.73. The lowest BCUT2D eigenvalue weighted by atomic mass is 10.2. The summed E-state index contributed by atoms with van der Waals surface area (Å²) in [5.41, 5.74) is -1.00. The average Bonchev–Trinajstić information content (AvgIpc) is 2.28. The maximum atomic E-state index is 12.5. The van der Waals surface area contributed by atoms with Gasteiger partial charge in [0.25, 0.3) is 0 Å². The van der Waals surface area contributed by atoms with E-state index in [1.165, 1.54) is 11.8 Å². The fraction of sp³-hybridized carbons (Fsp3) is 0.600. The minimum absolute atomic E-state index is 0.214. The van der Waals surface area contributed by atoms with Gasteiger partial charge in [-0.25, -0.2) is 9.97 Å². The highest BCUT2D eigenvalue weighted by Gasteiger charge is 2.33. The first-order valence-corrected chi connectivity index (χ1v) is 6.57. The van der Waals surface area contributed by atoms with Crippen LogP contribution in [-0.2, 0) is 10.9 Å². The first kappa shape index (κ1) is 13.9. The molecule has 8 heteroatoms. The van der Waals surface area contributed by atoms with E-state index in [4.69, 9.17) is 16.3 Å². The molecule has 0 amide bonds. The standard InChI is InChI=1S/C10H10ClF3N2OS/c11-9-15-7(10(12,13)14)5-8(16-9)18-6-1-3-17-4-2-6/h5-6H,1-4H2. The van der Waals surface area contributed by atoms with E-state index < -0.39 is 11.9 Å². The van der Waals surface area contributed by atoms with E-state index in [0.29, 0.717) is 13.2 Å². The summed E-state index contributed by atoms with van der Waals surface area (Å²) in [4.78, 5) is 7.01. The Bertz CT molecular complexity index is 424. The van der Waals surface area contributed by atoms with Gasteiger partial charge in [-0.05, 0) is 24.4 Å². The lowest BCUT2D eigenvalue weighted by Gasteiger charge is -2.21. The normalized spacial score (nSPS) is 18.0. The Hall–Kier alpha value is -0.530. The van der Waals surface area contributed by atoms with Crippen molar-refractivity contribution in [2.75, 3.05) is 13.2 Å². The predicted molar refractivity (Wildman–Crippen MR) is 61.7 cm³/mol. The van der Waals surface area contributed by atoms with Gasteiger partial charge in [0.1, 0.15) is 5.03 Å². The SMILES string of the molecule is FC(F)(F)c1cc(SC2CCOCC2)nc(Cl)n1. The smallest absolute Gasteiger partial charge is 0.381 e. The van der Waals surface area contributed by atoms with Gasteiger partial charge >= 0.3 is 6.18 Å². The summed E-state index contributed by atoms with van der Waals surface area (Å²) in [5.74, 6) is 0. The Morgan fingerprint density at radius 2 is 1.94 bits per heavy atom. The molecule has 1 aliphatic heterocycles. The number of aromatic nitrogens is 2. The number of rotatable bonds is 2. The van der Waals surface area contributed by atoms with Crippen molar-refractivity contribution in [3.05, 3.63) is 17.0 Å². The first-order valence-electron chi connectivity index (χ1n) is 5.31. The molecule has 0 aromatic carbocycles. The summed E-state index contributed by atoms with van der Waals surface area (Å²) >= 11 is 6.81. The number of halogens is 4. The summed E-state index contributed by atoms with van der Waals surface area (Å²) in [6.07, 6.45) is -2.90. The van der Waals surface area contributed by atoms with Crippen LogP contribution in [0.5, 0.6) is 0 Å². The molecule has 1 aliphatic rings. The maximum absolute atomic E-state index is 12.5. The molecular formula is C10H10ClF3N2OS. The van der Waals surface area contributed by atoms with E-state index in [-0.39, 0.29) is 15.6 Å². The fourth-order valence-electron chi connectivity index (χ4n) is 1.57. The third-order valence-electron chi connectivity index (χ3n) is 2.42. The maximum Gasteiger partial charge on any atom is 0.433 e. The van der Waals surface area contributed by atoms with Crippen LogP contribution < -0.4 is 0 Å². The molecule has 0 spiro atoms. The van der Waals surface area contributed by atoms with Crippen molar-refractivity contribution in [2.45, 2.75) is 29.3 Å². The van der Waals surface area contributed by atoms with Crippen LogP contribution in [0.4, 0.5) is 13.2 Å². The lowest BCUT2D eigenvalue weighted by molar-refractivity contribution is -0.141. The Balaban J connectivity index is 2.14. The van der Waals surface area contributed by atoms with Crippen LogP contribution in [0.25, 0.3) is 0 Å². The second kappa shape index (κ2) is 5.63. The molecule has 0 unspecified atom stereocenters. The van der Waals surface area contributed by atoms with E-state index >= 15 is 0 Å². The van der Waals surface area contributed by atoms with Gasteiger partial charge in [0.05, 0.1) is 0 Å². The molecule has 18 heavy (non-hydrogen) atoms. The van der Waals surface area contributed by atoms with Gasteiger partial charge in [-0.15, -0.1) is 11.8 Å². The number of hydrogen-bond donors (Lipinski definition) is 0. The van der Waals surface area contributed by atoms with Gasteiger partial charge in [-0.1, -0.05) is 0 Å². The minimum Gasteiger partial charge on any atom is -0.381 e. The zero-order valence-corrected chi connectivity index (χ0v) is 10.8. The van der Waals surface area contributed by atoms with Gasteiger partial charge in [0, 0.05) is 24.5 Å². The van der Waals surface area contributed by atoms with Crippen molar-refractivity contribution < 1.29 is 17.9 Å². The van der Waals surface area contributed by atoms with Crippen LogP contribution in [0, 0.1) is 0 Å². The Labute approximate surface area is 111 Å². The largest absolute Gasteiger partial charge is 0.433 e. The van der Waals surface area contributed by atoms with E-state index in [9.17, 15) is 13.2 Å². The van der Waals surface area contributed by atoms with E-state index in [0.717, 1.165) is 18.9 Å². The number of thioether (sulfide) groups is 1. The average molecular weight is 299 g/mol. The molecule has 0 radical (unpaired) electrons. The molecule has 2 rings (SSSR count). The summed E-state index contributed by atoms with van der Waals surface area (Å²) in [6.45, 7) is 1.26. The topological polar surface area (TPSA) is 35.0 Å². The Morgan fingerprint density at radius 1 is 1.28 bits per heavy atom. The molecule has 0 N–H and O–H groups in total. The molecule has 1 fully saturated rings. The Kier molecular flexibility index (Phi) is 4.34. The number of hydrogen-bond acceptors (Lipinski definition) is 4. The van der Waals surface area contributed by atoms with Gasteiger partial charge in [0.15, 0.2) is 5.69 Å². The van der Waals surface area contributed by atoms with Gasteiger partial charge in [-0.2, -0.15) is 13.2 Å². The quantitative estimate of drug-likeness (QED) is 0.619. The van der Waals surface area contributed by atoms with Crippen LogP contribution in [0.3, 0.4) is 0 Å². The molecule has 0 atom stereocenters. The molecular weight excluding hydrogens is 289 g/mol. The fourth-order valence-corrected chi connectivity index (χ4v) is 2.89. The zero-order valence-electron chi connectivity index (χ0n) is 9.21. The monoisotopic (exact) mass is 298 g/mol. The third-order valence-corrected chi connectivity index (χ3v) is 3.85. The summed E-state index contributed by atoms with van der Waals surface area (Å²) in [7, 11) is 0. The number of alkyl halides is 3. The van der Waals surface area contributed by atoms with Crippen LogP contribution >= 0.6 is 23.4 Å². The van der Waals surface area contributed by atoms with Crippen molar-refractivity contribution >= 4 is 23.4 Å². The van der Waals surface area contributed by atoms with Crippen molar-refractivity contribution in [3.8, 4) is 0 Å². The van der Waals surface area contributed by atoms with Crippen LogP contribution in [0.1, 0.15) is 18.5 Å². The van der Waals surface area contributed by atoms with Crippen molar-refractivity contribution in [1.29, 1.82) is 0 Å². The summed E-state index contributed by atoms with van der Waals surface area (Å²) in [5, 5.41) is 0.0967. The molecule has 0 aliphatic carbocycles. The van der Waals surface area contributed by atoms with Crippen molar-refractivity contribution in [3.63, 3.8) is 0 Å². The highest BCUT2D eigenvalue weighted by molar-refractivity contribution is 7.99. The number of nitrogens with zero attached hydrogens (tertiary/aromatic N) is 2. The summed E-state index contributed by atoms with van der Waals surface area (Å²) < 4.78 is 42.8.